The maximum atomic E-state index is 6.64. The van der Waals surface area contributed by atoms with Crippen molar-refractivity contribution < 1.29 is 4.42 Å². The van der Waals surface area contributed by atoms with Gasteiger partial charge in [-0.05, 0) is 106 Å². The molecule has 0 radical (unpaired) electrons. The molecule has 0 aliphatic rings. The summed E-state index contributed by atoms with van der Waals surface area (Å²) in [5.41, 5.74) is 13.0. The predicted octanol–water partition coefficient (Wildman–Crippen LogP) is 14.6. The van der Waals surface area contributed by atoms with Gasteiger partial charge in [-0.1, -0.05) is 127 Å². The molecule has 0 fully saturated rings. The quantitative estimate of drug-likeness (QED) is 0.172. The Bertz CT molecular complexity index is 3210. The van der Waals surface area contributed by atoms with Crippen LogP contribution in [0.25, 0.3) is 82.5 Å². The third-order valence-corrected chi connectivity index (χ3v) is 10.9. The first-order valence-electron chi connectivity index (χ1n) is 18.8. The Balaban J connectivity index is 1.18. The molecule has 2 aromatic heterocycles. The zero-order valence-corrected chi connectivity index (χ0v) is 29.9. The molecule has 0 unspecified atom stereocenters. The van der Waals surface area contributed by atoms with Crippen LogP contribution in [0, 0.1) is 0 Å². The molecule has 0 saturated carbocycles. The SMILES string of the molecule is c1ccc(N(c2cc(-c3ccc4c(c3)c3ccccc3n4-c3ccccc3)cc(-c3cccc4c3oc3ccccc34)c2)c2ccc3ccccc3c2)cc1. The van der Waals surface area contributed by atoms with Crippen molar-refractivity contribution in [2.24, 2.45) is 0 Å². The summed E-state index contributed by atoms with van der Waals surface area (Å²) >= 11 is 0. The van der Waals surface area contributed by atoms with Crippen LogP contribution < -0.4 is 4.90 Å². The molecule has 9 aromatic carbocycles. The van der Waals surface area contributed by atoms with E-state index in [2.05, 4.69) is 210 Å². The fraction of sp³-hybridized carbons (Fsp3) is 0. The second-order valence-electron chi connectivity index (χ2n) is 14.2. The highest BCUT2D eigenvalue weighted by molar-refractivity contribution is 6.12. The van der Waals surface area contributed by atoms with Gasteiger partial charge in [0.2, 0.25) is 0 Å². The monoisotopic (exact) mass is 702 g/mol. The van der Waals surface area contributed by atoms with Crippen LogP contribution in [-0.4, -0.2) is 4.57 Å². The number of hydrogen-bond donors (Lipinski definition) is 0. The predicted molar refractivity (Wildman–Crippen MR) is 231 cm³/mol. The Hall–Kier alpha value is -7.36. The lowest BCUT2D eigenvalue weighted by Gasteiger charge is -2.27. The third-order valence-electron chi connectivity index (χ3n) is 10.9. The van der Waals surface area contributed by atoms with Gasteiger partial charge in [-0.3, -0.25) is 0 Å². The molecular formula is C52H34N2O. The van der Waals surface area contributed by atoms with E-state index in [1.54, 1.807) is 0 Å². The van der Waals surface area contributed by atoms with Crippen LogP contribution in [0.4, 0.5) is 17.1 Å². The van der Waals surface area contributed by atoms with Crippen LogP contribution >= 0.6 is 0 Å². The van der Waals surface area contributed by atoms with Gasteiger partial charge in [0.1, 0.15) is 11.2 Å². The molecule has 258 valence electrons. The standard InChI is InChI=1S/C52H34N2O/c1-3-16-40(17-4-1)53(42-28-26-35-14-7-8-15-36(35)31-42)43-32-38(30-39(33-43)44-22-13-23-47-46-21-10-12-25-51(46)55-52(44)47)37-27-29-50-48(34-37)45-20-9-11-24-49(45)54(50)41-18-5-2-6-19-41/h1-34H. The van der Waals surface area contributed by atoms with Crippen LogP contribution in [0.15, 0.2) is 211 Å². The van der Waals surface area contributed by atoms with Gasteiger partial charge in [-0.15, -0.1) is 0 Å². The summed E-state index contributed by atoms with van der Waals surface area (Å²) < 4.78 is 9.01. The first kappa shape index (κ1) is 31.2. The highest BCUT2D eigenvalue weighted by atomic mass is 16.3. The van der Waals surface area contributed by atoms with Crippen molar-refractivity contribution in [3.05, 3.63) is 206 Å². The van der Waals surface area contributed by atoms with Crippen molar-refractivity contribution in [1.29, 1.82) is 0 Å². The molecule has 0 atom stereocenters. The summed E-state index contributed by atoms with van der Waals surface area (Å²) in [5, 5.41) is 7.10. The molecule has 0 amide bonds. The molecule has 0 saturated heterocycles. The van der Waals surface area contributed by atoms with E-state index >= 15 is 0 Å². The molecule has 2 heterocycles. The van der Waals surface area contributed by atoms with Crippen molar-refractivity contribution in [1.82, 2.24) is 4.57 Å². The first-order chi connectivity index (χ1) is 27.3. The highest BCUT2D eigenvalue weighted by Gasteiger charge is 2.20. The van der Waals surface area contributed by atoms with Crippen molar-refractivity contribution in [3.8, 4) is 27.9 Å². The smallest absolute Gasteiger partial charge is 0.143 e. The Morgan fingerprint density at radius 1 is 0.364 bits per heavy atom. The van der Waals surface area contributed by atoms with Crippen LogP contribution in [-0.2, 0) is 0 Å². The normalized spacial score (nSPS) is 11.6. The highest BCUT2D eigenvalue weighted by Crippen LogP contribution is 2.44. The Kier molecular flexibility index (Phi) is 7.17. The van der Waals surface area contributed by atoms with E-state index in [0.717, 1.165) is 66.9 Å². The van der Waals surface area contributed by atoms with Gasteiger partial charge < -0.3 is 13.9 Å². The first-order valence-corrected chi connectivity index (χ1v) is 18.8. The van der Waals surface area contributed by atoms with Crippen molar-refractivity contribution >= 4 is 71.6 Å². The summed E-state index contributed by atoms with van der Waals surface area (Å²) in [5.74, 6) is 0. The molecule has 0 spiro atoms. The number of para-hydroxylation sites is 5. The van der Waals surface area contributed by atoms with Crippen LogP contribution in [0.5, 0.6) is 0 Å². The number of furan rings is 1. The van der Waals surface area contributed by atoms with Gasteiger partial charge in [0, 0.05) is 49.9 Å². The second kappa shape index (κ2) is 12.6. The average molecular weight is 703 g/mol. The summed E-state index contributed by atoms with van der Waals surface area (Å²) in [4.78, 5) is 2.37. The van der Waals surface area contributed by atoms with Gasteiger partial charge >= 0.3 is 0 Å². The third kappa shape index (κ3) is 5.20. The number of benzene rings is 9. The fourth-order valence-electron chi connectivity index (χ4n) is 8.38. The lowest BCUT2D eigenvalue weighted by molar-refractivity contribution is 0.670. The topological polar surface area (TPSA) is 21.3 Å². The molecule has 0 aliphatic heterocycles. The minimum Gasteiger partial charge on any atom is -0.455 e. The molecule has 55 heavy (non-hydrogen) atoms. The fourth-order valence-corrected chi connectivity index (χ4v) is 8.38. The minimum atomic E-state index is 0.892. The average Bonchev–Trinajstić information content (AvgIpc) is 3.80. The van der Waals surface area contributed by atoms with Crippen molar-refractivity contribution in [2.45, 2.75) is 0 Å². The maximum absolute atomic E-state index is 6.64. The van der Waals surface area contributed by atoms with Crippen molar-refractivity contribution in [2.75, 3.05) is 4.90 Å². The Morgan fingerprint density at radius 3 is 1.93 bits per heavy atom. The molecule has 11 rings (SSSR count). The second-order valence-corrected chi connectivity index (χ2v) is 14.2. The molecule has 0 N–H and O–H groups in total. The van der Waals surface area contributed by atoms with Crippen molar-refractivity contribution in [3.63, 3.8) is 0 Å². The minimum absolute atomic E-state index is 0.892. The lowest BCUT2D eigenvalue weighted by atomic mass is 9.95. The summed E-state index contributed by atoms with van der Waals surface area (Å²) in [6, 6.07) is 74.0. The Morgan fingerprint density at radius 2 is 1.05 bits per heavy atom. The number of rotatable bonds is 6. The van der Waals surface area contributed by atoms with E-state index in [1.807, 2.05) is 6.07 Å². The van der Waals surface area contributed by atoms with Gasteiger partial charge in [0.15, 0.2) is 0 Å². The molecule has 0 bridgehead atoms. The number of nitrogens with zero attached hydrogens (tertiary/aromatic N) is 2. The summed E-state index contributed by atoms with van der Waals surface area (Å²) in [6.07, 6.45) is 0. The largest absolute Gasteiger partial charge is 0.455 e. The van der Waals surface area contributed by atoms with E-state index < -0.39 is 0 Å². The zero-order valence-electron chi connectivity index (χ0n) is 29.9. The van der Waals surface area contributed by atoms with E-state index in [-0.39, 0.29) is 0 Å². The summed E-state index contributed by atoms with van der Waals surface area (Å²) in [6.45, 7) is 0. The molecular weight excluding hydrogens is 669 g/mol. The molecule has 0 aliphatic carbocycles. The lowest BCUT2D eigenvalue weighted by Crippen LogP contribution is -2.10. The zero-order chi connectivity index (χ0) is 36.3. The van der Waals surface area contributed by atoms with Gasteiger partial charge in [0.05, 0.1) is 11.0 Å². The van der Waals surface area contributed by atoms with Crippen LogP contribution in [0.1, 0.15) is 0 Å². The molecule has 3 nitrogen and oxygen atoms in total. The van der Waals surface area contributed by atoms with E-state index in [0.29, 0.717) is 0 Å². The van der Waals surface area contributed by atoms with E-state index in [4.69, 9.17) is 4.42 Å². The maximum Gasteiger partial charge on any atom is 0.143 e. The Labute approximate surface area is 318 Å². The summed E-state index contributed by atoms with van der Waals surface area (Å²) in [7, 11) is 0. The van der Waals surface area contributed by atoms with Gasteiger partial charge in [0.25, 0.3) is 0 Å². The van der Waals surface area contributed by atoms with Crippen LogP contribution in [0.3, 0.4) is 0 Å². The number of hydrogen-bond acceptors (Lipinski definition) is 2. The van der Waals surface area contributed by atoms with E-state index in [9.17, 15) is 0 Å². The van der Waals surface area contributed by atoms with Gasteiger partial charge in [-0.25, -0.2) is 0 Å². The number of fused-ring (bicyclic) bond motifs is 7. The number of anilines is 3. The molecule has 3 heteroatoms. The van der Waals surface area contributed by atoms with Crippen LogP contribution in [0.2, 0.25) is 0 Å². The van der Waals surface area contributed by atoms with E-state index in [1.165, 1.54) is 32.6 Å². The molecule has 11 aromatic rings. The number of aromatic nitrogens is 1. The van der Waals surface area contributed by atoms with Gasteiger partial charge in [-0.2, -0.15) is 0 Å².